The standard InChI is InChI=1S/C15H22O2S/c1-12-3-4-14(13(2)9-12)17-10-15(11-18)5-7-16-8-6-15/h3-4,9,18H,5-8,10-11H2,1-2H3. The number of thiol groups is 1. The summed E-state index contributed by atoms with van der Waals surface area (Å²) in [4.78, 5) is 0. The molecule has 1 fully saturated rings. The van der Waals surface area contributed by atoms with Gasteiger partial charge in [-0.2, -0.15) is 12.6 Å². The molecule has 0 N–H and O–H groups in total. The van der Waals surface area contributed by atoms with Crippen LogP contribution in [0, 0.1) is 19.3 Å². The van der Waals surface area contributed by atoms with Gasteiger partial charge in [0.15, 0.2) is 0 Å². The van der Waals surface area contributed by atoms with Crippen LogP contribution in [0.2, 0.25) is 0 Å². The van der Waals surface area contributed by atoms with Crippen LogP contribution in [0.1, 0.15) is 24.0 Å². The van der Waals surface area contributed by atoms with Crippen LogP contribution in [0.25, 0.3) is 0 Å². The highest BCUT2D eigenvalue weighted by Gasteiger charge is 2.32. The highest BCUT2D eigenvalue weighted by Crippen LogP contribution is 2.33. The molecule has 3 heteroatoms. The zero-order chi connectivity index (χ0) is 13.0. The van der Waals surface area contributed by atoms with Crippen LogP contribution in [0.15, 0.2) is 18.2 Å². The average Bonchev–Trinajstić information content (AvgIpc) is 2.39. The van der Waals surface area contributed by atoms with Gasteiger partial charge in [0.05, 0.1) is 6.61 Å². The lowest BCUT2D eigenvalue weighted by Gasteiger charge is -2.35. The van der Waals surface area contributed by atoms with Crippen molar-refractivity contribution in [3.63, 3.8) is 0 Å². The lowest BCUT2D eigenvalue weighted by atomic mass is 9.83. The van der Waals surface area contributed by atoms with Gasteiger partial charge in [0.1, 0.15) is 5.75 Å². The molecule has 0 amide bonds. The van der Waals surface area contributed by atoms with Gasteiger partial charge in [-0.15, -0.1) is 0 Å². The summed E-state index contributed by atoms with van der Waals surface area (Å²) in [5, 5.41) is 0. The minimum atomic E-state index is 0.179. The average molecular weight is 266 g/mol. The molecular weight excluding hydrogens is 244 g/mol. The van der Waals surface area contributed by atoms with Gasteiger partial charge in [0.2, 0.25) is 0 Å². The molecule has 1 aliphatic heterocycles. The molecule has 2 rings (SSSR count). The monoisotopic (exact) mass is 266 g/mol. The molecule has 1 aromatic carbocycles. The van der Waals surface area contributed by atoms with Crippen LogP contribution in [0.4, 0.5) is 0 Å². The highest BCUT2D eigenvalue weighted by molar-refractivity contribution is 7.80. The first-order valence-electron chi connectivity index (χ1n) is 6.54. The number of ether oxygens (including phenoxy) is 2. The van der Waals surface area contributed by atoms with Crippen molar-refractivity contribution >= 4 is 12.6 Å². The fourth-order valence-electron chi connectivity index (χ4n) is 2.34. The van der Waals surface area contributed by atoms with Crippen molar-refractivity contribution in [3.8, 4) is 5.75 Å². The van der Waals surface area contributed by atoms with Gasteiger partial charge in [-0.3, -0.25) is 0 Å². The third-order valence-corrected chi connectivity index (χ3v) is 4.42. The van der Waals surface area contributed by atoms with Crippen molar-refractivity contribution in [2.24, 2.45) is 5.41 Å². The molecule has 0 radical (unpaired) electrons. The van der Waals surface area contributed by atoms with Gasteiger partial charge in [-0.25, -0.2) is 0 Å². The van der Waals surface area contributed by atoms with Crippen LogP contribution in [-0.2, 0) is 4.74 Å². The fourth-order valence-corrected chi connectivity index (χ4v) is 2.75. The normalized spacial score (nSPS) is 18.6. The number of hydrogen-bond donors (Lipinski definition) is 1. The molecule has 1 heterocycles. The fraction of sp³-hybridized carbons (Fsp3) is 0.600. The van der Waals surface area contributed by atoms with E-state index < -0.39 is 0 Å². The lowest BCUT2D eigenvalue weighted by molar-refractivity contribution is 0.00299. The number of aryl methyl sites for hydroxylation is 2. The molecule has 0 saturated carbocycles. The van der Waals surface area contributed by atoms with Gasteiger partial charge < -0.3 is 9.47 Å². The maximum absolute atomic E-state index is 6.02. The molecule has 100 valence electrons. The number of hydrogen-bond acceptors (Lipinski definition) is 3. The molecule has 0 aromatic heterocycles. The third-order valence-electron chi connectivity index (χ3n) is 3.75. The smallest absolute Gasteiger partial charge is 0.122 e. The summed E-state index contributed by atoms with van der Waals surface area (Å²) in [5.74, 6) is 1.86. The highest BCUT2D eigenvalue weighted by atomic mass is 32.1. The Hall–Kier alpha value is -0.670. The zero-order valence-corrected chi connectivity index (χ0v) is 12.1. The topological polar surface area (TPSA) is 18.5 Å². The Balaban J connectivity index is 2.01. The Morgan fingerprint density at radius 3 is 2.61 bits per heavy atom. The van der Waals surface area contributed by atoms with E-state index in [0.29, 0.717) is 0 Å². The minimum absolute atomic E-state index is 0.179. The predicted octanol–water partition coefficient (Wildman–Crippen LogP) is 3.41. The zero-order valence-electron chi connectivity index (χ0n) is 11.2. The molecule has 0 aliphatic carbocycles. The molecule has 0 atom stereocenters. The molecule has 1 aromatic rings. The lowest BCUT2D eigenvalue weighted by Crippen LogP contribution is -2.37. The maximum atomic E-state index is 6.02. The summed E-state index contributed by atoms with van der Waals surface area (Å²) >= 11 is 4.50. The van der Waals surface area contributed by atoms with Crippen LogP contribution in [0.3, 0.4) is 0 Å². The number of rotatable bonds is 4. The van der Waals surface area contributed by atoms with Crippen molar-refractivity contribution in [1.82, 2.24) is 0 Å². The molecule has 0 unspecified atom stereocenters. The van der Waals surface area contributed by atoms with Crippen molar-refractivity contribution in [2.75, 3.05) is 25.6 Å². The maximum Gasteiger partial charge on any atom is 0.122 e. The predicted molar refractivity (Wildman–Crippen MR) is 77.8 cm³/mol. The van der Waals surface area contributed by atoms with Crippen LogP contribution in [-0.4, -0.2) is 25.6 Å². The van der Waals surface area contributed by atoms with Crippen molar-refractivity contribution in [1.29, 1.82) is 0 Å². The molecule has 1 aliphatic rings. The van der Waals surface area contributed by atoms with Gasteiger partial charge in [-0.05, 0) is 44.1 Å². The van der Waals surface area contributed by atoms with Crippen LogP contribution in [0.5, 0.6) is 5.75 Å². The second kappa shape index (κ2) is 5.98. The quantitative estimate of drug-likeness (QED) is 0.842. The minimum Gasteiger partial charge on any atom is -0.493 e. The summed E-state index contributed by atoms with van der Waals surface area (Å²) < 4.78 is 11.4. The molecule has 18 heavy (non-hydrogen) atoms. The second-order valence-corrected chi connectivity index (χ2v) is 5.64. The summed E-state index contributed by atoms with van der Waals surface area (Å²) in [7, 11) is 0. The number of benzene rings is 1. The second-order valence-electron chi connectivity index (χ2n) is 5.33. The van der Waals surface area contributed by atoms with Crippen LogP contribution < -0.4 is 4.74 Å². The van der Waals surface area contributed by atoms with E-state index in [2.05, 4.69) is 44.7 Å². The Morgan fingerprint density at radius 1 is 1.28 bits per heavy atom. The van der Waals surface area contributed by atoms with E-state index in [4.69, 9.17) is 9.47 Å². The van der Waals surface area contributed by atoms with E-state index in [9.17, 15) is 0 Å². The van der Waals surface area contributed by atoms with Gasteiger partial charge in [0, 0.05) is 18.6 Å². The van der Waals surface area contributed by atoms with E-state index in [0.717, 1.165) is 44.2 Å². The van der Waals surface area contributed by atoms with Gasteiger partial charge in [-0.1, -0.05) is 17.7 Å². The molecular formula is C15H22O2S. The first-order chi connectivity index (χ1) is 8.65. The van der Waals surface area contributed by atoms with E-state index >= 15 is 0 Å². The van der Waals surface area contributed by atoms with Crippen molar-refractivity contribution in [3.05, 3.63) is 29.3 Å². The first kappa shape index (κ1) is 13.8. The first-order valence-corrected chi connectivity index (χ1v) is 7.17. The Bertz CT molecular complexity index is 397. The summed E-state index contributed by atoms with van der Waals surface area (Å²) in [6, 6.07) is 6.32. The van der Waals surface area contributed by atoms with Crippen LogP contribution >= 0.6 is 12.6 Å². The molecule has 0 spiro atoms. The van der Waals surface area contributed by atoms with Crippen molar-refractivity contribution < 1.29 is 9.47 Å². The van der Waals surface area contributed by atoms with E-state index in [1.54, 1.807) is 0 Å². The molecule has 2 nitrogen and oxygen atoms in total. The summed E-state index contributed by atoms with van der Waals surface area (Å²) in [6.45, 7) is 6.60. The largest absolute Gasteiger partial charge is 0.493 e. The van der Waals surface area contributed by atoms with Crippen molar-refractivity contribution in [2.45, 2.75) is 26.7 Å². The third kappa shape index (κ3) is 3.21. The Kier molecular flexibility index (Phi) is 4.57. The summed E-state index contributed by atoms with van der Waals surface area (Å²) in [6.07, 6.45) is 2.09. The van der Waals surface area contributed by atoms with E-state index in [1.165, 1.54) is 11.1 Å². The van der Waals surface area contributed by atoms with E-state index in [-0.39, 0.29) is 5.41 Å². The SMILES string of the molecule is Cc1ccc(OCC2(CS)CCOCC2)c(C)c1. The Morgan fingerprint density at radius 2 is 2.00 bits per heavy atom. The van der Waals surface area contributed by atoms with Gasteiger partial charge >= 0.3 is 0 Å². The van der Waals surface area contributed by atoms with Gasteiger partial charge in [0.25, 0.3) is 0 Å². The summed E-state index contributed by atoms with van der Waals surface area (Å²) in [5.41, 5.74) is 2.66. The van der Waals surface area contributed by atoms with E-state index in [1.807, 2.05) is 0 Å². The molecule has 0 bridgehead atoms. The molecule has 1 saturated heterocycles. The Labute approximate surface area is 115 Å².